The molecule has 1 aliphatic heterocycles. The van der Waals surface area contributed by atoms with Crippen molar-refractivity contribution in [3.8, 4) is 5.75 Å². The maximum atomic E-state index is 12.9. The quantitative estimate of drug-likeness (QED) is 0.870. The van der Waals surface area contributed by atoms with Gasteiger partial charge in [0, 0.05) is 18.7 Å². The molecule has 2 heterocycles. The first-order valence-electron chi connectivity index (χ1n) is 8.06. The van der Waals surface area contributed by atoms with Gasteiger partial charge in [0.2, 0.25) is 0 Å². The minimum Gasteiger partial charge on any atom is -0.490 e. The normalized spacial score (nSPS) is 21.9. The number of carbonyl (C=O) groups is 1. The highest BCUT2D eigenvalue weighted by Crippen LogP contribution is 2.30. The molecule has 0 aliphatic carbocycles. The van der Waals surface area contributed by atoms with Crippen LogP contribution in [0.1, 0.15) is 38.1 Å². The molecule has 2 atom stereocenters. The molecule has 3 rings (SSSR count). The van der Waals surface area contributed by atoms with Crippen molar-refractivity contribution in [3.05, 3.63) is 30.0 Å². The second-order valence-corrected chi connectivity index (χ2v) is 6.44. The molecule has 124 valence electrons. The zero-order valence-electron chi connectivity index (χ0n) is 14.0. The summed E-state index contributed by atoms with van der Waals surface area (Å²) >= 11 is 0. The first-order chi connectivity index (χ1) is 10.9. The van der Waals surface area contributed by atoms with Gasteiger partial charge in [0.05, 0.1) is 30.0 Å². The minimum absolute atomic E-state index is 0.0149. The van der Waals surface area contributed by atoms with Crippen molar-refractivity contribution in [1.29, 1.82) is 0 Å². The zero-order chi connectivity index (χ0) is 16.6. The number of fused-ring (bicyclic) bond motifs is 1. The predicted octanol–water partition coefficient (Wildman–Crippen LogP) is 3.47. The lowest BCUT2D eigenvalue weighted by Crippen LogP contribution is -2.48. The van der Waals surface area contributed by atoms with Crippen LogP contribution in [0.25, 0.3) is 11.0 Å². The fourth-order valence-corrected chi connectivity index (χ4v) is 3.04. The van der Waals surface area contributed by atoms with E-state index >= 15 is 0 Å². The van der Waals surface area contributed by atoms with E-state index in [1.165, 1.54) is 0 Å². The Balaban J connectivity index is 1.93. The van der Waals surface area contributed by atoms with Gasteiger partial charge in [-0.25, -0.2) is 0 Å². The lowest BCUT2D eigenvalue weighted by atomic mass is 10.1. The Morgan fingerprint density at radius 3 is 2.61 bits per heavy atom. The fraction of sp³-hybridized carbons (Fsp3) is 0.500. The highest BCUT2D eigenvalue weighted by atomic mass is 16.5. The number of hydrogen-bond acceptors (Lipinski definition) is 4. The standard InChI is InChI=1S/C18H23NO4/c1-11(2)22-17-8-14(7-16-15(17)5-6-21-16)18(20)19-9-12(3)23-13(4)10-19/h5-8,11-13H,9-10H2,1-4H3. The summed E-state index contributed by atoms with van der Waals surface area (Å²) in [5.41, 5.74) is 1.25. The molecule has 0 spiro atoms. The minimum atomic E-state index is -0.0149. The van der Waals surface area contributed by atoms with Crippen molar-refractivity contribution in [3.63, 3.8) is 0 Å². The number of amides is 1. The van der Waals surface area contributed by atoms with E-state index in [4.69, 9.17) is 13.9 Å². The molecule has 1 saturated heterocycles. The summed E-state index contributed by atoms with van der Waals surface area (Å²) in [6.45, 7) is 9.09. The van der Waals surface area contributed by atoms with Gasteiger partial charge >= 0.3 is 0 Å². The van der Waals surface area contributed by atoms with Crippen molar-refractivity contribution in [2.24, 2.45) is 0 Å². The summed E-state index contributed by atoms with van der Waals surface area (Å²) in [5, 5.41) is 0.888. The van der Waals surface area contributed by atoms with E-state index in [1.807, 2.05) is 44.7 Å². The van der Waals surface area contributed by atoms with Gasteiger partial charge in [-0.1, -0.05) is 0 Å². The van der Waals surface area contributed by atoms with Crippen molar-refractivity contribution in [1.82, 2.24) is 4.90 Å². The van der Waals surface area contributed by atoms with E-state index in [1.54, 1.807) is 12.3 Å². The fourth-order valence-electron chi connectivity index (χ4n) is 3.04. The highest BCUT2D eigenvalue weighted by molar-refractivity contribution is 5.99. The maximum absolute atomic E-state index is 12.9. The van der Waals surface area contributed by atoms with E-state index < -0.39 is 0 Å². The van der Waals surface area contributed by atoms with Crippen LogP contribution in [0.4, 0.5) is 0 Å². The van der Waals surface area contributed by atoms with Gasteiger partial charge in [-0.3, -0.25) is 4.79 Å². The van der Waals surface area contributed by atoms with E-state index in [-0.39, 0.29) is 24.2 Å². The average Bonchev–Trinajstić information content (AvgIpc) is 2.93. The molecule has 23 heavy (non-hydrogen) atoms. The van der Waals surface area contributed by atoms with Crippen LogP contribution in [0.5, 0.6) is 5.75 Å². The number of hydrogen-bond donors (Lipinski definition) is 0. The first kappa shape index (κ1) is 15.9. The van der Waals surface area contributed by atoms with Gasteiger partial charge in [-0.15, -0.1) is 0 Å². The van der Waals surface area contributed by atoms with Gasteiger partial charge in [0.25, 0.3) is 5.91 Å². The third-order valence-electron chi connectivity index (χ3n) is 3.85. The lowest BCUT2D eigenvalue weighted by Gasteiger charge is -2.35. The Bertz CT molecular complexity index is 696. The molecule has 1 aromatic heterocycles. The van der Waals surface area contributed by atoms with Gasteiger partial charge in [0.15, 0.2) is 0 Å². The number of nitrogens with zero attached hydrogens (tertiary/aromatic N) is 1. The van der Waals surface area contributed by atoms with E-state index in [0.717, 1.165) is 5.39 Å². The maximum Gasteiger partial charge on any atom is 0.254 e. The van der Waals surface area contributed by atoms with E-state index in [2.05, 4.69) is 0 Å². The Kier molecular flexibility index (Phi) is 4.31. The summed E-state index contributed by atoms with van der Waals surface area (Å²) in [6.07, 6.45) is 1.73. The van der Waals surface area contributed by atoms with Gasteiger partial charge in [-0.2, -0.15) is 0 Å². The van der Waals surface area contributed by atoms with Crippen LogP contribution < -0.4 is 4.74 Å². The summed E-state index contributed by atoms with van der Waals surface area (Å²) in [7, 11) is 0. The van der Waals surface area contributed by atoms with Gasteiger partial charge in [0.1, 0.15) is 11.3 Å². The molecule has 5 nitrogen and oxygen atoms in total. The number of ether oxygens (including phenoxy) is 2. The summed E-state index contributed by atoms with van der Waals surface area (Å²) < 4.78 is 17.0. The Morgan fingerprint density at radius 2 is 1.96 bits per heavy atom. The van der Waals surface area contributed by atoms with Crippen molar-refractivity contribution in [2.75, 3.05) is 13.1 Å². The summed E-state index contributed by atoms with van der Waals surface area (Å²) in [6, 6.07) is 5.46. The van der Waals surface area contributed by atoms with Crippen LogP contribution >= 0.6 is 0 Å². The predicted molar refractivity (Wildman–Crippen MR) is 87.9 cm³/mol. The number of furan rings is 1. The van der Waals surface area contributed by atoms with Gasteiger partial charge < -0.3 is 18.8 Å². The van der Waals surface area contributed by atoms with Crippen LogP contribution in [0.3, 0.4) is 0 Å². The van der Waals surface area contributed by atoms with Crippen LogP contribution in [-0.4, -0.2) is 42.2 Å². The van der Waals surface area contributed by atoms with E-state index in [9.17, 15) is 4.79 Å². The molecule has 0 radical (unpaired) electrons. The summed E-state index contributed by atoms with van der Waals surface area (Å²) in [5.74, 6) is 0.669. The van der Waals surface area contributed by atoms with Crippen molar-refractivity contribution >= 4 is 16.9 Å². The molecule has 2 aromatic rings. The third-order valence-corrected chi connectivity index (χ3v) is 3.85. The average molecular weight is 317 g/mol. The molecular formula is C18H23NO4. The summed E-state index contributed by atoms with van der Waals surface area (Å²) in [4.78, 5) is 14.7. The molecule has 5 heteroatoms. The van der Waals surface area contributed by atoms with Crippen LogP contribution in [0.15, 0.2) is 28.9 Å². The Morgan fingerprint density at radius 1 is 1.26 bits per heavy atom. The molecule has 1 aliphatic rings. The molecule has 1 amide bonds. The molecule has 2 unspecified atom stereocenters. The molecule has 0 N–H and O–H groups in total. The lowest BCUT2D eigenvalue weighted by molar-refractivity contribution is -0.0586. The molecule has 1 fully saturated rings. The van der Waals surface area contributed by atoms with Crippen molar-refractivity contribution in [2.45, 2.75) is 46.0 Å². The SMILES string of the molecule is CC(C)Oc1cc(C(=O)N2CC(C)OC(C)C2)cc2occc12. The van der Waals surface area contributed by atoms with Crippen LogP contribution in [-0.2, 0) is 4.74 Å². The second kappa shape index (κ2) is 6.24. The van der Waals surface area contributed by atoms with Crippen molar-refractivity contribution < 1.29 is 18.7 Å². The molecule has 1 aromatic carbocycles. The molecule has 0 saturated carbocycles. The molecule has 0 bridgehead atoms. The monoisotopic (exact) mass is 317 g/mol. The second-order valence-electron chi connectivity index (χ2n) is 6.44. The van der Waals surface area contributed by atoms with E-state index in [0.29, 0.717) is 30.0 Å². The van der Waals surface area contributed by atoms with Crippen LogP contribution in [0, 0.1) is 0 Å². The smallest absolute Gasteiger partial charge is 0.254 e. The highest BCUT2D eigenvalue weighted by Gasteiger charge is 2.27. The van der Waals surface area contributed by atoms with Gasteiger partial charge in [-0.05, 0) is 45.9 Å². The Labute approximate surface area is 136 Å². The number of benzene rings is 1. The third kappa shape index (κ3) is 3.34. The molecular weight excluding hydrogens is 294 g/mol. The topological polar surface area (TPSA) is 51.9 Å². The Hall–Kier alpha value is -2.01. The van der Waals surface area contributed by atoms with Crippen LogP contribution in [0.2, 0.25) is 0 Å². The largest absolute Gasteiger partial charge is 0.490 e. The number of morpholine rings is 1. The number of rotatable bonds is 3. The number of carbonyl (C=O) groups excluding carboxylic acids is 1. The first-order valence-corrected chi connectivity index (χ1v) is 8.06. The zero-order valence-corrected chi connectivity index (χ0v) is 14.0.